The average molecular weight is 294 g/mol. The highest BCUT2D eigenvalue weighted by molar-refractivity contribution is 6.30. The fraction of sp³-hybridized carbons (Fsp3) is 0.467. The molecule has 0 aliphatic rings. The summed E-state index contributed by atoms with van der Waals surface area (Å²) in [4.78, 5) is 0. The lowest BCUT2D eigenvalue weighted by Gasteiger charge is -2.00. The van der Waals surface area contributed by atoms with Crippen molar-refractivity contribution >= 4 is 11.6 Å². The highest BCUT2D eigenvalue weighted by Crippen LogP contribution is 2.13. The number of nitrogens with one attached hydrogen (secondary N) is 1. The van der Waals surface area contributed by atoms with Crippen molar-refractivity contribution in [3.63, 3.8) is 0 Å². The molecule has 0 radical (unpaired) electrons. The van der Waals surface area contributed by atoms with Crippen LogP contribution in [0.4, 0.5) is 0 Å². The first-order valence-electron chi connectivity index (χ1n) is 7.04. The molecule has 0 saturated heterocycles. The Balaban J connectivity index is 1.78. The topological polar surface area (TPSA) is 51.0 Å². The van der Waals surface area contributed by atoms with E-state index < -0.39 is 0 Å². The Morgan fingerprint density at radius 1 is 1.10 bits per heavy atom. The van der Waals surface area contributed by atoms with E-state index in [1.165, 1.54) is 0 Å². The minimum Gasteiger partial charge on any atom is -0.425 e. The molecule has 108 valence electrons. The minimum absolute atomic E-state index is 0.651. The lowest BCUT2D eigenvalue weighted by Crippen LogP contribution is -2.16. The number of aryl methyl sites for hydroxylation is 1. The summed E-state index contributed by atoms with van der Waals surface area (Å²) in [6.07, 6.45) is 3.65. The van der Waals surface area contributed by atoms with Gasteiger partial charge < -0.3 is 9.73 Å². The van der Waals surface area contributed by atoms with E-state index in [-0.39, 0.29) is 0 Å². The first-order chi connectivity index (χ1) is 9.78. The fourth-order valence-electron chi connectivity index (χ4n) is 1.90. The third kappa shape index (κ3) is 4.94. The number of hydrogen-bond acceptors (Lipinski definition) is 4. The van der Waals surface area contributed by atoms with Gasteiger partial charge in [0.05, 0.1) is 6.42 Å². The molecule has 0 aliphatic carbocycles. The largest absolute Gasteiger partial charge is 0.425 e. The third-order valence-corrected chi connectivity index (χ3v) is 3.20. The van der Waals surface area contributed by atoms with Gasteiger partial charge in [-0.2, -0.15) is 0 Å². The zero-order valence-electron chi connectivity index (χ0n) is 11.7. The maximum Gasteiger partial charge on any atom is 0.220 e. The molecule has 0 spiro atoms. The van der Waals surface area contributed by atoms with Gasteiger partial charge in [0.25, 0.3) is 0 Å². The minimum atomic E-state index is 0.651. The normalized spacial score (nSPS) is 10.9. The van der Waals surface area contributed by atoms with Gasteiger partial charge in [-0.05, 0) is 43.6 Å². The molecule has 0 atom stereocenters. The molecule has 5 heteroatoms. The van der Waals surface area contributed by atoms with Crippen LogP contribution >= 0.6 is 11.6 Å². The Morgan fingerprint density at radius 3 is 2.60 bits per heavy atom. The highest BCUT2D eigenvalue weighted by atomic mass is 35.5. The number of halogens is 1. The summed E-state index contributed by atoms with van der Waals surface area (Å²) in [5.41, 5.74) is 1.12. The maximum absolute atomic E-state index is 5.85. The summed E-state index contributed by atoms with van der Waals surface area (Å²) in [6.45, 7) is 4.21. The predicted molar refractivity (Wildman–Crippen MR) is 80.0 cm³/mol. The molecule has 0 unspecified atom stereocenters. The predicted octanol–water partition coefficient (Wildman–Crippen LogP) is 3.25. The number of rotatable bonds is 8. The van der Waals surface area contributed by atoms with Crippen molar-refractivity contribution in [3.05, 3.63) is 46.6 Å². The molecule has 1 N–H and O–H groups in total. The van der Waals surface area contributed by atoms with Crippen LogP contribution in [0.5, 0.6) is 0 Å². The number of hydrogen-bond donors (Lipinski definition) is 1. The molecule has 0 aliphatic heterocycles. The lowest BCUT2D eigenvalue weighted by atomic mass is 10.1. The lowest BCUT2D eigenvalue weighted by molar-refractivity contribution is 0.449. The van der Waals surface area contributed by atoms with Crippen LogP contribution in [-0.4, -0.2) is 23.3 Å². The van der Waals surface area contributed by atoms with Gasteiger partial charge in [-0.3, -0.25) is 0 Å². The van der Waals surface area contributed by atoms with Crippen LogP contribution in [0.1, 0.15) is 37.1 Å². The molecule has 4 nitrogen and oxygen atoms in total. The summed E-state index contributed by atoms with van der Waals surface area (Å²) in [6, 6.07) is 7.68. The van der Waals surface area contributed by atoms with Crippen molar-refractivity contribution < 1.29 is 4.42 Å². The van der Waals surface area contributed by atoms with Crippen molar-refractivity contribution in [2.45, 2.75) is 32.6 Å². The van der Waals surface area contributed by atoms with Crippen LogP contribution in [0.3, 0.4) is 0 Å². The number of nitrogens with zero attached hydrogens (tertiary/aromatic N) is 2. The van der Waals surface area contributed by atoms with Gasteiger partial charge in [0.2, 0.25) is 11.8 Å². The molecule has 0 fully saturated rings. The van der Waals surface area contributed by atoms with Gasteiger partial charge in [0.1, 0.15) is 0 Å². The maximum atomic E-state index is 5.85. The molecule has 0 saturated carbocycles. The third-order valence-electron chi connectivity index (χ3n) is 2.95. The van der Waals surface area contributed by atoms with Gasteiger partial charge >= 0.3 is 0 Å². The van der Waals surface area contributed by atoms with Crippen LogP contribution in [0.15, 0.2) is 28.7 Å². The Bertz CT molecular complexity index is 510. The van der Waals surface area contributed by atoms with E-state index >= 15 is 0 Å². The van der Waals surface area contributed by atoms with Crippen LogP contribution in [0, 0.1) is 0 Å². The fourth-order valence-corrected chi connectivity index (χ4v) is 2.03. The van der Waals surface area contributed by atoms with Crippen molar-refractivity contribution in [1.82, 2.24) is 15.5 Å². The van der Waals surface area contributed by atoms with E-state index in [9.17, 15) is 0 Å². The Hall–Kier alpha value is -1.39. The van der Waals surface area contributed by atoms with E-state index in [0.717, 1.165) is 42.9 Å². The van der Waals surface area contributed by atoms with Gasteiger partial charge in [-0.25, -0.2) is 0 Å². The molecular weight excluding hydrogens is 274 g/mol. The van der Waals surface area contributed by atoms with Crippen LogP contribution < -0.4 is 5.32 Å². The molecule has 1 heterocycles. The highest BCUT2D eigenvalue weighted by Gasteiger charge is 2.06. The van der Waals surface area contributed by atoms with E-state index in [4.69, 9.17) is 16.0 Å². The second kappa shape index (κ2) is 8.02. The summed E-state index contributed by atoms with van der Waals surface area (Å²) in [7, 11) is 0. The molecule has 2 aromatic rings. The monoisotopic (exact) mass is 293 g/mol. The summed E-state index contributed by atoms with van der Waals surface area (Å²) in [5, 5.41) is 12.2. The van der Waals surface area contributed by atoms with Crippen molar-refractivity contribution in [2.24, 2.45) is 0 Å². The Morgan fingerprint density at radius 2 is 1.85 bits per heavy atom. The van der Waals surface area contributed by atoms with Crippen LogP contribution in [-0.2, 0) is 12.8 Å². The number of benzene rings is 1. The van der Waals surface area contributed by atoms with Crippen molar-refractivity contribution in [2.75, 3.05) is 13.1 Å². The summed E-state index contributed by atoms with van der Waals surface area (Å²) >= 11 is 5.85. The van der Waals surface area contributed by atoms with E-state index in [0.29, 0.717) is 18.2 Å². The van der Waals surface area contributed by atoms with E-state index in [1.54, 1.807) is 0 Å². The zero-order valence-corrected chi connectivity index (χ0v) is 12.5. The smallest absolute Gasteiger partial charge is 0.220 e. The molecule has 2 rings (SSSR count). The second-order valence-corrected chi connectivity index (χ2v) is 5.18. The summed E-state index contributed by atoms with van der Waals surface area (Å²) < 4.78 is 5.64. The van der Waals surface area contributed by atoms with Gasteiger partial charge in [-0.15, -0.1) is 10.2 Å². The quantitative estimate of drug-likeness (QED) is 0.759. The number of aromatic nitrogens is 2. The van der Waals surface area contributed by atoms with E-state index in [1.807, 2.05) is 24.3 Å². The first kappa shape index (κ1) is 15.0. The molecule has 0 bridgehead atoms. The Labute approximate surface area is 124 Å². The molecule has 1 aromatic heterocycles. The van der Waals surface area contributed by atoms with Crippen molar-refractivity contribution in [1.29, 1.82) is 0 Å². The first-order valence-corrected chi connectivity index (χ1v) is 7.42. The summed E-state index contributed by atoms with van der Waals surface area (Å²) in [5.74, 6) is 1.37. The van der Waals surface area contributed by atoms with Crippen LogP contribution in [0.2, 0.25) is 5.02 Å². The SMILES string of the molecule is CCCNCCCc1nnc(Cc2ccc(Cl)cc2)o1. The van der Waals surface area contributed by atoms with Gasteiger partial charge in [0.15, 0.2) is 0 Å². The molecule has 0 amide bonds. The average Bonchev–Trinajstić information content (AvgIpc) is 2.89. The molecule has 1 aromatic carbocycles. The molecular formula is C15H20ClN3O. The molecule has 20 heavy (non-hydrogen) atoms. The standard InChI is InChI=1S/C15H20ClN3O/c1-2-9-17-10-3-4-14-18-19-15(20-14)11-12-5-7-13(16)8-6-12/h5-8,17H,2-4,9-11H2,1H3. The van der Waals surface area contributed by atoms with Gasteiger partial charge in [-0.1, -0.05) is 30.7 Å². The van der Waals surface area contributed by atoms with Crippen LogP contribution in [0.25, 0.3) is 0 Å². The zero-order chi connectivity index (χ0) is 14.2. The van der Waals surface area contributed by atoms with Crippen molar-refractivity contribution in [3.8, 4) is 0 Å². The second-order valence-electron chi connectivity index (χ2n) is 4.75. The van der Waals surface area contributed by atoms with E-state index in [2.05, 4.69) is 22.4 Å². The Kier molecular flexibility index (Phi) is 6.02. The van der Waals surface area contributed by atoms with Gasteiger partial charge in [0, 0.05) is 11.4 Å².